The van der Waals surface area contributed by atoms with E-state index in [1.54, 1.807) is 0 Å². The molecule has 1 aliphatic rings. The van der Waals surface area contributed by atoms with Crippen molar-refractivity contribution < 1.29 is 14.3 Å². The molecule has 0 bridgehead atoms. The van der Waals surface area contributed by atoms with Crippen molar-refractivity contribution in [3.63, 3.8) is 0 Å². The summed E-state index contributed by atoms with van der Waals surface area (Å²) in [5.74, 6) is 0.453. The fourth-order valence-corrected chi connectivity index (χ4v) is 4.65. The maximum Gasteiger partial charge on any atom is 0.305 e. The molecule has 3 aromatic carbocycles. The van der Waals surface area contributed by atoms with Gasteiger partial charge in [-0.2, -0.15) is 5.10 Å². The lowest BCUT2D eigenvalue weighted by Crippen LogP contribution is -2.18. The van der Waals surface area contributed by atoms with Crippen LogP contribution < -0.4 is 10.5 Å². The highest BCUT2D eigenvalue weighted by Crippen LogP contribution is 2.40. The number of rotatable bonds is 6. The Morgan fingerprint density at radius 1 is 1.12 bits per heavy atom. The average molecular weight is 442 g/mol. The van der Waals surface area contributed by atoms with E-state index >= 15 is 0 Å². The van der Waals surface area contributed by atoms with Crippen LogP contribution in [0, 0.1) is 0 Å². The normalized spacial score (nSPS) is 13.3. The van der Waals surface area contributed by atoms with Crippen LogP contribution in [0.4, 0.5) is 5.69 Å². The molecular weight excluding hydrogens is 414 g/mol. The Labute approximate surface area is 192 Å². The number of nitrogens with zero attached hydrogens (tertiary/aromatic N) is 2. The number of esters is 1. The van der Waals surface area contributed by atoms with E-state index in [4.69, 9.17) is 15.2 Å². The van der Waals surface area contributed by atoms with E-state index in [9.17, 15) is 4.79 Å². The second kappa shape index (κ2) is 8.62. The number of nitrogens with two attached hydrogens (primary N) is 1. The van der Waals surface area contributed by atoms with E-state index in [0.717, 1.165) is 40.4 Å². The van der Waals surface area contributed by atoms with Crippen molar-refractivity contribution >= 4 is 22.6 Å². The van der Waals surface area contributed by atoms with Gasteiger partial charge >= 0.3 is 5.97 Å². The third-order valence-electron chi connectivity index (χ3n) is 6.38. The Morgan fingerprint density at radius 2 is 1.88 bits per heavy atom. The minimum Gasteiger partial charge on any atom is -0.487 e. The second-order valence-electron chi connectivity index (χ2n) is 8.60. The molecule has 6 heteroatoms. The lowest BCUT2D eigenvalue weighted by atomic mass is 9.97. The van der Waals surface area contributed by atoms with Gasteiger partial charge in [-0.15, -0.1) is 0 Å². The van der Waals surface area contributed by atoms with Crippen LogP contribution >= 0.6 is 0 Å². The minimum atomic E-state index is -0.240. The van der Waals surface area contributed by atoms with Crippen molar-refractivity contribution in [3.8, 4) is 16.9 Å². The summed E-state index contributed by atoms with van der Waals surface area (Å²) in [5, 5.41) is 5.41. The van der Waals surface area contributed by atoms with Crippen LogP contribution in [0.5, 0.6) is 5.75 Å². The molecule has 33 heavy (non-hydrogen) atoms. The number of ether oxygens (including phenoxy) is 2. The number of benzene rings is 3. The predicted molar refractivity (Wildman–Crippen MR) is 129 cm³/mol. The molecule has 4 aromatic rings. The van der Waals surface area contributed by atoms with E-state index in [1.165, 1.54) is 18.2 Å². The molecule has 2 N–H and O–H groups in total. The summed E-state index contributed by atoms with van der Waals surface area (Å²) in [6.45, 7) is 0. The number of hydrogen-bond donors (Lipinski definition) is 1. The first-order chi connectivity index (χ1) is 16.0. The van der Waals surface area contributed by atoms with Crippen molar-refractivity contribution in [3.05, 3.63) is 77.5 Å². The first kappa shape index (κ1) is 21.1. The van der Waals surface area contributed by atoms with E-state index in [2.05, 4.69) is 53.6 Å². The van der Waals surface area contributed by atoms with Crippen LogP contribution in [0.2, 0.25) is 0 Å². The SMILES string of the molecule is COC(=O)CCc1cc(N)c(OC2Cc3ccccc3C2)c(-c2ccc3c(cnn3C)c2)c1. The number of aryl methyl sites for hydroxylation is 2. The average Bonchev–Trinajstić information content (AvgIpc) is 3.41. The quantitative estimate of drug-likeness (QED) is 0.353. The van der Waals surface area contributed by atoms with Gasteiger partial charge in [-0.3, -0.25) is 9.48 Å². The van der Waals surface area contributed by atoms with Gasteiger partial charge < -0.3 is 15.2 Å². The van der Waals surface area contributed by atoms with Crippen LogP contribution in [0.25, 0.3) is 22.0 Å². The summed E-state index contributed by atoms with van der Waals surface area (Å²) in [6.07, 6.45) is 4.47. The Bertz CT molecular complexity index is 1320. The standard InChI is InChI=1S/C27H27N3O3/c1-30-25-9-8-20(13-21(25)16-29-30)23-11-17(7-10-26(31)32-2)12-24(28)27(23)33-22-14-18-5-3-4-6-19(18)15-22/h3-6,8-9,11-13,16,22H,7,10,14-15,28H2,1-2H3. The van der Waals surface area contributed by atoms with E-state index < -0.39 is 0 Å². The molecule has 6 nitrogen and oxygen atoms in total. The van der Waals surface area contributed by atoms with Crippen LogP contribution in [0.15, 0.2) is 60.8 Å². The summed E-state index contributed by atoms with van der Waals surface area (Å²) in [4.78, 5) is 11.7. The van der Waals surface area contributed by atoms with Gasteiger partial charge in [0.2, 0.25) is 0 Å². The lowest BCUT2D eigenvalue weighted by Gasteiger charge is -2.20. The molecule has 1 heterocycles. The van der Waals surface area contributed by atoms with Gasteiger partial charge in [-0.1, -0.05) is 30.3 Å². The zero-order chi connectivity index (χ0) is 22.9. The number of fused-ring (bicyclic) bond motifs is 2. The molecule has 1 aromatic heterocycles. The fourth-order valence-electron chi connectivity index (χ4n) is 4.65. The molecule has 0 unspecified atom stereocenters. The zero-order valence-electron chi connectivity index (χ0n) is 18.9. The van der Waals surface area contributed by atoms with E-state index in [1.807, 2.05) is 24.0 Å². The molecule has 0 fully saturated rings. The molecule has 0 spiro atoms. The lowest BCUT2D eigenvalue weighted by molar-refractivity contribution is -0.140. The maximum absolute atomic E-state index is 11.7. The third-order valence-corrected chi connectivity index (χ3v) is 6.38. The molecule has 0 saturated heterocycles. The van der Waals surface area contributed by atoms with Gasteiger partial charge in [0.15, 0.2) is 0 Å². The fraction of sp³-hybridized carbons (Fsp3) is 0.259. The van der Waals surface area contributed by atoms with Gasteiger partial charge in [0.1, 0.15) is 11.9 Å². The number of anilines is 1. The van der Waals surface area contributed by atoms with Crippen molar-refractivity contribution in [2.24, 2.45) is 7.05 Å². The molecular formula is C27H27N3O3. The van der Waals surface area contributed by atoms with Crippen molar-refractivity contribution in [1.82, 2.24) is 9.78 Å². The van der Waals surface area contributed by atoms with Gasteiger partial charge in [-0.25, -0.2) is 0 Å². The number of hydrogen-bond acceptors (Lipinski definition) is 5. The van der Waals surface area contributed by atoms with Crippen LogP contribution in [-0.2, 0) is 35.8 Å². The third kappa shape index (κ3) is 4.16. The van der Waals surface area contributed by atoms with Gasteiger partial charge in [0, 0.05) is 37.3 Å². The number of carbonyl (C=O) groups is 1. The second-order valence-corrected chi connectivity index (χ2v) is 8.60. The van der Waals surface area contributed by atoms with Crippen molar-refractivity contribution in [2.45, 2.75) is 31.8 Å². The highest BCUT2D eigenvalue weighted by Gasteiger charge is 2.25. The summed E-state index contributed by atoms with van der Waals surface area (Å²) >= 11 is 0. The van der Waals surface area contributed by atoms with Gasteiger partial charge in [0.25, 0.3) is 0 Å². The first-order valence-corrected chi connectivity index (χ1v) is 11.2. The minimum absolute atomic E-state index is 0.0338. The molecule has 0 atom stereocenters. The number of methoxy groups -OCH3 is 1. The maximum atomic E-state index is 11.7. The van der Waals surface area contributed by atoms with Gasteiger partial charge in [0.05, 0.1) is 24.5 Å². The largest absolute Gasteiger partial charge is 0.487 e. The van der Waals surface area contributed by atoms with Gasteiger partial charge in [-0.05, 0) is 52.9 Å². The molecule has 0 saturated carbocycles. The predicted octanol–water partition coefficient (Wildman–Crippen LogP) is 4.47. The molecule has 5 rings (SSSR count). The van der Waals surface area contributed by atoms with Crippen LogP contribution in [0.3, 0.4) is 0 Å². The summed E-state index contributed by atoms with van der Waals surface area (Å²) in [7, 11) is 3.33. The highest BCUT2D eigenvalue weighted by molar-refractivity contribution is 5.87. The Morgan fingerprint density at radius 3 is 2.61 bits per heavy atom. The molecule has 0 radical (unpaired) electrons. The summed E-state index contributed by atoms with van der Waals surface area (Å²) < 4.78 is 13.2. The topological polar surface area (TPSA) is 79.4 Å². The Hall–Kier alpha value is -3.80. The zero-order valence-corrected chi connectivity index (χ0v) is 18.9. The molecule has 1 aliphatic carbocycles. The molecule has 168 valence electrons. The number of nitrogen functional groups attached to an aromatic ring is 1. The number of carbonyl (C=O) groups excluding carboxylic acids is 1. The monoisotopic (exact) mass is 441 g/mol. The molecule has 0 aliphatic heterocycles. The van der Waals surface area contributed by atoms with E-state index in [-0.39, 0.29) is 12.1 Å². The van der Waals surface area contributed by atoms with E-state index in [0.29, 0.717) is 24.3 Å². The smallest absolute Gasteiger partial charge is 0.305 e. The van der Waals surface area contributed by atoms with Crippen LogP contribution in [0.1, 0.15) is 23.1 Å². The highest BCUT2D eigenvalue weighted by atomic mass is 16.5. The Balaban J connectivity index is 1.53. The van der Waals surface area contributed by atoms with Crippen molar-refractivity contribution in [1.29, 1.82) is 0 Å². The number of aromatic nitrogens is 2. The summed E-state index contributed by atoms with van der Waals surface area (Å²) in [5.41, 5.74) is 13.7. The van der Waals surface area contributed by atoms with Crippen molar-refractivity contribution in [2.75, 3.05) is 12.8 Å². The Kier molecular flexibility index (Phi) is 5.50. The first-order valence-electron chi connectivity index (χ1n) is 11.2. The molecule has 0 amide bonds. The van der Waals surface area contributed by atoms with Crippen LogP contribution in [-0.4, -0.2) is 29.0 Å². The summed E-state index contributed by atoms with van der Waals surface area (Å²) in [6, 6.07) is 18.7.